The van der Waals surface area contributed by atoms with Gasteiger partial charge in [0.15, 0.2) is 0 Å². The van der Waals surface area contributed by atoms with Crippen molar-refractivity contribution in [3.63, 3.8) is 0 Å². The molecule has 5 heteroatoms. The Bertz CT molecular complexity index is 643. The lowest BCUT2D eigenvalue weighted by Crippen LogP contribution is -2.08. The number of aromatic carboxylic acids is 1. The van der Waals surface area contributed by atoms with Gasteiger partial charge in [-0.15, -0.1) is 0 Å². The number of nitrogens with one attached hydrogen (secondary N) is 1. The quantitative estimate of drug-likeness (QED) is 0.798. The van der Waals surface area contributed by atoms with Gasteiger partial charge in [0.1, 0.15) is 5.75 Å². The average Bonchev–Trinajstić information content (AvgIpc) is 2.41. The summed E-state index contributed by atoms with van der Waals surface area (Å²) >= 11 is 5.82. The number of anilines is 1. The van der Waals surface area contributed by atoms with Crippen molar-refractivity contribution in [3.8, 4) is 5.75 Å². The van der Waals surface area contributed by atoms with Crippen molar-refractivity contribution in [2.45, 2.75) is 13.0 Å². The number of carbonyl (C=O) groups is 1. The Morgan fingerprint density at radius 3 is 2.60 bits per heavy atom. The second kappa shape index (κ2) is 5.84. The maximum atomic E-state index is 11.0. The third-order valence-corrected chi connectivity index (χ3v) is 3.31. The number of para-hydroxylation sites is 1. The summed E-state index contributed by atoms with van der Waals surface area (Å²) in [6.07, 6.45) is 0. The average molecular weight is 292 g/mol. The van der Waals surface area contributed by atoms with E-state index in [-0.39, 0.29) is 22.4 Å². The smallest absolute Gasteiger partial charge is 0.337 e. The van der Waals surface area contributed by atoms with E-state index in [9.17, 15) is 9.90 Å². The molecular formula is C15H14ClNO3. The normalized spacial score (nSPS) is 11.9. The van der Waals surface area contributed by atoms with Gasteiger partial charge in [-0.25, -0.2) is 4.79 Å². The second-order valence-corrected chi connectivity index (χ2v) is 4.83. The number of carboxylic acids is 1. The maximum absolute atomic E-state index is 11.0. The molecular weight excluding hydrogens is 278 g/mol. The Labute approximate surface area is 121 Å². The minimum atomic E-state index is -1.08. The molecule has 0 aromatic heterocycles. The fourth-order valence-corrected chi connectivity index (χ4v) is 2.16. The molecule has 4 nitrogen and oxygen atoms in total. The minimum Gasteiger partial charge on any atom is -0.508 e. The number of halogens is 1. The van der Waals surface area contributed by atoms with E-state index >= 15 is 0 Å². The number of benzene rings is 2. The van der Waals surface area contributed by atoms with Crippen molar-refractivity contribution >= 4 is 23.3 Å². The molecule has 0 radical (unpaired) electrons. The van der Waals surface area contributed by atoms with Gasteiger partial charge in [-0.05, 0) is 31.2 Å². The van der Waals surface area contributed by atoms with Gasteiger partial charge in [-0.1, -0.05) is 29.8 Å². The van der Waals surface area contributed by atoms with Crippen LogP contribution in [-0.4, -0.2) is 16.2 Å². The van der Waals surface area contributed by atoms with Crippen molar-refractivity contribution in [1.29, 1.82) is 0 Å². The number of aromatic hydroxyl groups is 1. The van der Waals surface area contributed by atoms with E-state index < -0.39 is 5.97 Å². The van der Waals surface area contributed by atoms with Crippen molar-refractivity contribution in [2.75, 3.05) is 5.32 Å². The topological polar surface area (TPSA) is 69.6 Å². The standard InChI is InChI=1S/C15H14ClNO3/c1-9(11-4-2-3-5-14(11)18)17-10-6-7-13(16)12(8-10)15(19)20/h2-9,17-18H,1H3,(H,19,20). The highest BCUT2D eigenvalue weighted by atomic mass is 35.5. The Kier molecular flexibility index (Phi) is 4.15. The molecule has 0 saturated heterocycles. The van der Waals surface area contributed by atoms with Crippen LogP contribution in [0.4, 0.5) is 5.69 Å². The first-order valence-electron chi connectivity index (χ1n) is 6.06. The van der Waals surface area contributed by atoms with Crippen LogP contribution in [-0.2, 0) is 0 Å². The van der Waals surface area contributed by atoms with Crippen LogP contribution in [0, 0.1) is 0 Å². The predicted molar refractivity (Wildman–Crippen MR) is 78.6 cm³/mol. The van der Waals surface area contributed by atoms with Crippen molar-refractivity contribution in [2.24, 2.45) is 0 Å². The molecule has 1 unspecified atom stereocenters. The monoisotopic (exact) mass is 291 g/mol. The van der Waals surface area contributed by atoms with Crippen LogP contribution in [0.25, 0.3) is 0 Å². The van der Waals surface area contributed by atoms with Crippen molar-refractivity contribution in [1.82, 2.24) is 0 Å². The molecule has 0 aliphatic carbocycles. The largest absolute Gasteiger partial charge is 0.508 e. The lowest BCUT2D eigenvalue weighted by atomic mass is 10.1. The Morgan fingerprint density at radius 2 is 1.95 bits per heavy atom. The highest BCUT2D eigenvalue weighted by Gasteiger charge is 2.13. The highest BCUT2D eigenvalue weighted by molar-refractivity contribution is 6.33. The van der Waals surface area contributed by atoms with E-state index in [1.54, 1.807) is 24.3 Å². The lowest BCUT2D eigenvalue weighted by Gasteiger charge is -2.17. The molecule has 0 spiro atoms. The van der Waals surface area contributed by atoms with E-state index in [4.69, 9.17) is 16.7 Å². The van der Waals surface area contributed by atoms with Crippen LogP contribution < -0.4 is 5.32 Å². The summed E-state index contributed by atoms with van der Waals surface area (Å²) in [4.78, 5) is 11.0. The summed E-state index contributed by atoms with van der Waals surface area (Å²) in [5.74, 6) is -0.881. The highest BCUT2D eigenvalue weighted by Crippen LogP contribution is 2.28. The van der Waals surface area contributed by atoms with Crippen molar-refractivity contribution in [3.05, 3.63) is 58.6 Å². The van der Waals surface area contributed by atoms with E-state index in [1.807, 2.05) is 13.0 Å². The summed E-state index contributed by atoms with van der Waals surface area (Å²) in [5.41, 5.74) is 1.41. The molecule has 0 aliphatic rings. The van der Waals surface area contributed by atoms with Gasteiger partial charge in [-0.3, -0.25) is 0 Å². The number of carboxylic acid groups (broad SMARTS) is 1. The van der Waals surface area contributed by atoms with E-state index in [0.29, 0.717) is 5.69 Å². The molecule has 2 aromatic rings. The molecule has 0 heterocycles. The molecule has 0 fully saturated rings. The number of hydrogen-bond donors (Lipinski definition) is 3. The molecule has 104 valence electrons. The van der Waals surface area contributed by atoms with Gasteiger partial charge >= 0.3 is 5.97 Å². The van der Waals surface area contributed by atoms with Crippen LogP contribution in [0.2, 0.25) is 5.02 Å². The molecule has 0 amide bonds. The van der Waals surface area contributed by atoms with Gasteiger partial charge in [-0.2, -0.15) is 0 Å². The van der Waals surface area contributed by atoms with Crippen molar-refractivity contribution < 1.29 is 15.0 Å². The molecule has 1 atom stereocenters. The van der Waals surface area contributed by atoms with E-state index in [2.05, 4.69) is 5.32 Å². The fraction of sp³-hybridized carbons (Fsp3) is 0.133. The summed E-state index contributed by atoms with van der Waals surface area (Å²) in [6.45, 7) is 1.88. The van der Waals surface area contributed by atoms with Gasteiger partial charge in [0, 0.05) is 11.3 Å². The van der Waals surface area contributed by atoms with Gasteiger partial charge in [0.05, 0.1) is 16.6 Å². The number of rotatable bonds is 4. The summed E-state index contributed by atoms with van der Waals surface area (Å²) < 4.78 is 0. The first-order chi connectivity index (χ1) is 9.49. The second-order valence-electron chi connectivity index (χ2n) is 4.42. The Balaban J connectivity index is 2.24. The molecule has 3 N–H and O–H groups in total. The summed E-state index contributed by atoms with van der Waals surface area (Å²) in [6, 6.07) is 11.5. The van der Waals surface area contributed by atoms with Crippen LogP contribution in [0.1, 0.15) is 28.9 Å². The molecule has 20 heavy (non-hydrogen) atoms. The molecule has 0 aliphatic heterocycles. The van der Waals surface area contributed by atoms with E-state index in [0.717, 1.165) is 5.56 Å². The Morgan fingerprint density at radius 1 is 1.25 bits per heavy atom. The van der Waals surface area contributed by atoms with Gasteiger partial charge < -0.3 is 15.5 Å². The zero-order valence-electron chi connectivity index (χ0n) is 10.8. The third kappa shape index (κ3) is 3.03. The zero-order chi connectivity index (χ0) is 14.7. The zero-order valence-corrected chi connectivity index (χ0v) is 11.6. The van der Waals surface area contributed by atoms with E-state index in [1.165, 1.54) is 12.1 Å². The number of phenolic OH excluding ortho intramolecular Hbond substituents is 1. The Hall–Kier alpha value is -2.20. The third-order valence-electron chi connectivity index (χ3n) is 2.98. The molecule has 2 aromatic carbocycles. The first-order valence-corrected chi connectivity index (χ1v) is 6.44. The van der Waals surface area contributed by atoms with Crippen LogP contribution in [0.15, 0.2) is 42.5 Å². The number of phenols is 1. The minimum absolute atomic E-state index is 0.0427. The lowest BCUT2D eigenvalue weighted by molar-refractivity contribution is 0.0697. The molecule has 0 bridgehead atoms. The SMILES string of the molecule is CC(Nc1ccc(Cl)c(C(=O)O)c1)c1ccccc1O. The number of hydrogen-bond acceptors (Lipinski definition) is 3. The van der Waals surface area contributed by atoms with Crippen LogP contribution in [0.5, 0.6) is 5.75 Å². The molecule has 0 saturated carbocycles. The fourth-order valence-electron chi connectivity index (χ4n) is 1.96. The maximum Gasteiger partial charge on any atom is 0.337 e. The molecule has 2 rings (SSSR count). The summed E-state index contributed by atoms with van der Waals surface area (Å²) in [7, 11) is 0. The predicted octanol–water partition coefficient (Wildman–Crippen LogP) is 3.92. The van der Waals surface area contributed by atoms with Gasteiger partial charge in [0.25, 0.3) is 0 Å². The first kappa shape index (κ1) is 14.2. The summed E-state index contributed by atoms with van der Waals surface area (Å²) in [5, 5.41) is 22.2. The van der Waals surface area contributed by atoms with Crippen LogP contribution >= 0.6 is 11.6 Å². The van der Waals surface area contributed by atoms with Gasteiger partial charge in [0.2, 0.25) is 0 Å². The van der Waals surface area contributed by atoms with Crippen LogP contribution in [0.3, 0.4) is 0 Å².